The number of aromatic amines is 1. The summed E-state index contributed by atoms with van der Waals surface area (Å²) < 4.78 is 0. The fraction of sp³-hybridized carbons (Fsp3) is 0.529. The van der Waals surface area contributed by atoms with Crippen LogP contribution in [-0.4, -0.2) is 80.6 Å². The molecule has 0 aliphatic rings. The first-order chi connectivity index (χ1) is 14.5. The molecule has 31 heavy (non-hydrogen) atoms. The van der Waals surface area contributed by atoms with E-state index in [0.29, 0.717) is 5.69 Å². The number of aromatic nitrogens is 2. The summed E-state index contributed by atoms with van der Waals surface area (Å²) in [5.41, 5.74) is 10.7. The minimum atomic E-state index is -1.54. The highest BCUT2D eigenvalue weighted by atomic mass is 16.4. The number of carbonyl (C=O) groups is 5. The molecule has 1 aromatic heterocycles. The Labute approximate surface area is 177 Å². The number of hydrogen-bond acceptors (Lipinski definition) is 8. The summed E-state index contributed by atoms with van der Waals surface area (Å²) in [6, 6.07) is -4.16. The molecule has 1 aromatic rings. The van der Waals surface area contributed by atoms with Crippen LogP contribution in [0, 0.1) is 0 Å². The molecule has 0 aliphatic carbocycles. The Morgan fingerprint density at radius 3 is 2.29 bits per heavy atom. The van der Waals surface area contributed by atoms with Gasteiger partial charge in [0.15, 0.2) is 0 Å². The van der Waals surface area contributed by atoms with Crippen molar-refractivity contribution in [3.05, 3.63) is 18.2 Å². The lowest BCUT2D eigenvalue weighted by molar-refractivity contribution is -0.143. The molecule has 4 atom stereocenters. The van der Waals surface area contributed by atoms with Crippen LogP contribution in [0.1, 0.15) is 25.5 Å². The maximum Gasteiger partial charge on any atom is 0.326 e. The van der Waals surface area contributed by atoms with Gasteiger partial charge in [-0.2, -0.15) is 0 Å². The fourth-order valence-electron chi connectivity index (χ4n) is 2.55. The Kier molecular flexibility index (Phi) is 10.1. The van der Waals surface area contributed by atoms with Gasteiger partial charge in [-0.25, -0.2) is 9.78 Å². The number of amides is 4. The minimum Gasteiger partial charge on any atom is -0.480 e. The molecule has 1 heterocycles. The Bertz CT molecular complexity index is 782. The van der Waals surface area contributed by atoms with Crippen molar-refractivity contribution in [3.8, 4) is 0 Å². The number of nitrogens with zero attached hydrogens (tertiary/aromatic N) is 1. The van der Waals surface area contributed by atoms with Gasteiger partial charge in [0, 0.05) is 24.7 Å². The van der Waals surface area contributed by atoms with Gasteiger partial charge in [-0.3, -0.25) is 19.2 Å². The molecule has 4 unspecified atom stereocenters. The van der Waals surface area contributed by atoms with Gasteiger partial charge in [-0.15, -0.1) is 0 Å². The second-order valence-electron chi connectivity index (χ2n) is 6.74. The quantitative estimate of drug-likeness (QED) is 0.149. The predicted molar refractivity (Wildman–Crippen MR) is 105 cm³/mol. The molecule has 0 spiro atoms. The molecular formula is C17H27N7O7. The number of aliphatic hydroxyl groups excluding tert-OH is 1. The van der Waals surface area contributed by atoms with E-state index in [2.05, 4.69) is 25.9 Å². The molecule has 14 heteroatoms. The van der Waals surface area contributed by atoms with Gasteiger partial charge in [0.25, 0.3) is 0 Å². The van der Waals surface area contributed by atoms with E-state index in [1.165, 1.54) is 19.4 Å². The first-order valence-corrected chi connectivity index (χ1v) is 9.31. The van der Waals surface area contributed by atoms with E-state index in [4.69, 9.17) is 11.5 Å². The Morgan fingerprint density at radius 1 is 1.13 bits per heavy atom. The zero-order valence-electron chi connectivity index (χ0n) is 16.8. The average molecular weight is 441 g/mol. The average Bonchev–Trinajstić information content (AvgIpc) is 3.20. The smallest absolute Gasteiger partial charge is 0.326 e. The largest absolute Gasteiger partial charge is 0.480 e. The van der Waals surface area contributed by atoms with Gasteiger partial charge in [0.2, 0.25) is 23.6 Å². The van der Waals surface area contributed by atoms with E-state index in [0.717, 1.165) is 0 Å². The summed E-state index contributed by atoms with van der Waals surface area (Å²) in [4.78, 5) is 65.7. The summed E-state index contributed by atoms with van der Waals surface area (Å²) >= 11 is 0. The van der Waals surface area contributed by atoms with Gasteiger partial charge >= 0.3 is 5.97 Å². The van der Waals surface area contributed by atoms with Gasteiger partial charge in [-0.05, 0) is 13.3 Å². The van der Waals surface area contributed by atoms with Gasteiger partial charge in [0.1, 0.15) is 18.1 Å². The number of aliphatic carboxylic acids is 1. The number of aliphatic hydroxyl groups is 1. The van der Waals surface area contributed by atoms with Crippen LogP contribution < -0.4 is 27.4 Å². The van der Waals surface area contributed by atoms with Crippen LogP contribution in [0.5, 0.6) is 0 Å². The third-order valence-corrected chi connectivity index (χ3v) is 4.17. The zero-order chi connectivity index (χ0) is 23.6. The van der Waals surface area contributed by atoms with Crippen LogP contribution in [0.15, 0.2) is 12.5 Å². The Hall–Kier alpha value is -3.52. The van der Waals surface area contributed by atoms with Crippen molar-refractivity contribution in [1.29, 1.82) is 0 Å². The van der Waals surface area contributed by atoms with E-state index in [1.54, 1.807) is 0 Å². The van der Waals surface area contributed by atoms with Crippen molar-refractivity contribution in [2.75, 3.05) is 6.54 Å². The molecule has 0 saturated heterocycles. The number of hydrogen-bond donors (Lipinski definition) is 8. The second-order valence-corrected chi connectivity index (χ2v) is 6.74. The van der Waals surface area contributed by atoms with Crippen molar-refractivity contribution in [3.63, 3.8) is 0 Å². The van der Waals surface area contributed by atoms with Crippen molar-refractivity contribution in [1.82, 2.24) is 25.9 Å². The van der Waals surface area contributed by atoms with E-state index < -0.39 is 60.4 Å². The van der Waals surface area contributed by atoms with Crippen LogP contribution >= 0.6 is 0 Å². The third kappa shape index (κ3) is 8.79. The number of primary amides is 1. The second kappa shape index (κ2) is 12.2. The number of imidazole rings is 1. The monoisotopic (exact) mass is 441 g/mol. The maximum atomic E-state index is 12.6. The topological polar surface area (TPSA) is 243 Å². The highest BCUT2D eigenvalue weighted by Crippen LogP contribution is 2.04. The van der Waals surface area contributed by atoms with E-state index in [1.807, 2.05) is 0 Å². The van der Waals surface area contributed by atoms with Gasteiger partial charge in [0.05, 0.1) is 19.0 Å². The predicted octanol–water partition coefficient (Wildman–Crippen LogP) is -3.90. The van der Waals surface area contributed by atoms with Gasteiger partial charge < -0.3 is 42.6 Å². The lowest BCUT2D eigenvalue weighted by Gasteiger charge is -2.25. The molecule has 14 nitrogen and oxygen atoms in total. The highest BCUT2D eigenvalue weighted by molar-refractivity contribution is 5.94. The maximum absolute atomic E-state index is 12.6. The number of nitrogens with two attached hydrogens (primary N) is 2. The van der Waals surface area contributed by atoms with E-state index in [9.17, 15) is 34.2 Å². The molecular weight excluding hydrogens is 414 g/mol. The molecule has 0 aromatic carbocycles. The molecule has 172 valence electrons. The SMILES string of the molecule is CC(O)C(NC(=O)C(CCC(N)=O)NC(=O)CN)C(=O)NC(Cc1cnc[nH]1)C(=O)O. The number of rotatable bonds is 13. The standard InChI is InChI=1S/C17H27N7O7/c1-8(25)14(16(29)23-11(17(30)31)4-9-6-20-7-21-9)24-15(28)10(2-3-12(19)26)22-13(27)5-18/h6-8,10-11,14,25H,2-5,18H2,1H3,(H2,19,26)(H,20,21)(H,22,27)(H,23,29)(H,24,28)(H,30,31). The normalized spacial score (nSPS) is 14.5. The molecule has 4 amide bonds. The Morgan fingerprint density at radius 2 is 1.81 bits per heavy atom. The lowest BCUT2D eigenvalue weighted by Crippen LogP contribution is -2.59. The van der Waals surface area contributed by atoms with Crippen molar-refractivity contribution in [2.45, 2.75) is 50.4 Å². The number of H-pyrrole nitrogens is 1. The zero-order valence-corrected chi connectivity index (χ0v) is 16.8. The number of nitrogens with one attached hydrogen (secondary N) is 4. The molecule has 0 fully saturated rings. The van der Waals surface area contributed by atoms with E-state index in [-0.39, 0.29) is 19.3 Å². The third-order valence-electron chi connectivity index (χ3n) is 4.17. The van der Waals surface area contributed by atoms with Crippen molar-refractivity contribution < 1.29 is 34.2 Å². The van der Waals surface area contributed by atoms with Crippen LogP contribution in [0.25, 0.3) is 0 Å². The summed E-state index contributed by atoms with van der Waals surface area (Å²) in [5, 5.41) is 26.1. The van der Waals surface area contributed by atoms with Crippen LogP contribution in [-0.2, 0) is 30.4 Å². The summed E-state index contributed by atoms with van der Waals surface area (Å²) in [6.45, 7) is 0.792. The molecule has 10 N–H and O–H groups in total. The van der Waals surface area contributed by atoms with Crippen LogP contribution in [0.3, 0.4) is 0 Å². The summed E-state index contributed by atoms with van der Waals surface area (Å²) in [5.74, 6) is -4.59. The lowest BCUT2D eigenvalue weighted by atomic mass is 10.1. The molecule has 0 saturated carbocycles. The first kappa shape index (κ1) is 25.5. The molecule has 0 radical (unpaired) electrons. The summed E-state index contributed by atoms with van der Waals surface area (Å²) in [6.07, 6.45) is 0.803. The highest BCUT2D eigenvalue weighted by Gasteiger charge is 2.32. The van der Waals surface area contributed by atoms with Crippen LogP contribution in [0.2, 0.25) is 0 Å². The molecule has 0 bridgehead atoms. The number of carboxylic acids is 1. The van der Waals surface area contributed by atoms with Crippen molar-refractivity contribution in [2.24, 2.45) is 11.5 Å². The van der Waals surface area contributed by atoms with E-state index >= 15 is 0 Å². The Balaban J connectivity index is 2.89. The minimum absolute atomic E-state index is 0.116. The number of carbonyl (C=O) groups excluding carboxylic acids is 4. The fourth-order valence-corrected chi connectivity index (χ4v) is 2.55. The number of carboxylic acid groups (broad SMARTS) is 1. The van der Waals surface area contributed by atoms with Crippen molar-refractivity contribution >= 4 is 29.6 Å². The molecule has 1 rings (SSSR count). The van der Waals surface area contributed by atoms with Gasteiger partial charge in [-0.1, -0.05) is 0 Å². The molecule has 0 aliphatic heterocycles. The summed E-state index contributed by atoms with van der Waals surface area (Å²) in [7, 11) is 0. The van der Waals surface area contributed by atoms with Crippen LogP contribution in [0.4, 0.5) is 0 Å². The first-order valence-electron chi connectivity index (χ1n) is 9.31.